The van der Waals surface area contributed by atoms with E-state index in [0.29, 0.717) is 5.13 Å². The van der Waals surface area contributed by atoms with Crippen LogP contribution >= 0.6 is 11.5 Å². The average Bonchev–Trinajstić information content (AvgIpc) is 2.82. The Labute approximate surface area is 128 Å². The van der Waals surface area contributed by atoms with Crippen LogP contribution in [0.5, 0.6) is 0 Å². The lowest BCUT2D eigenvalue weighted by Crippen LogP contribution is -3.00. The molecule has 0 aliphatic rings. The van der Waals surface area contributed by atoms with E-state index in [4.69, 9.17) is 5.73 Å². The standard InChI is InChI=1S/C15H13N3S.ClH/c1-11-7-5-6-10-13(11)18-14(17-15(16)19-18)12-8-3-2-4-9-12;/h2-10,16H,1H3;1H. The van der Waals surface area contributed by atoms with Crippen molar-refractivity contribution in [3.63, 3.8) is 0 Å². The van der Waals surface area contributed by atoms with Gasteiger partial charge in [-0.25, -0.2) is 0 Å². The summed E-state index contributed by atoms with van der Waals surface area (Å²) in [7, 11) is 0. The van der Waals surface area contributed by atoms with Gasteiger partial charge in [0.2, 0.25) is 0 Å². The summed E-state index contributed by atoms with van der Waals surface area (Å²) in [5, 5.41) is 0.571. The van der Waals surface area contributed by atoms with Gasteiger partial charge in [0, 0.05) is 0 Å². The van der Waals surface area contributed by atoms with E-state index >= 15 is 0 Å². The van der Waals surface area contributed by atoms with E-state index < -0.39 is 0 Å². The Morgan fingerprint density at radius 2 is 1.65 bits per heavy atom. The Balaban J connectivity index is 0.00000147. The second-order valence-electron chi connectivity index (χ2n) is 4.31. The molecule has 0 aliphatic carbocycles. The third-order valence-corrected chi connectivity index (χ3v) is 3.79. The van der Waals surface area contributed by atoms with E-state index in [-0.39, 0.29) is 12.4 Å². The Kier molecular flexibility index (Phi) is 4.37. The van der Waals surface area contributed by atoms with Crippen LogP contribution in [0.3, 0.4) is 0 Å². The van der Waals surface area contributed by atoms with Gasteiger partial charge in [0.25, 0.3) is 0 Å². The van der Waals surface area contributed by atoms with Crippen molar-refractivity contribution in [3.8, 4) is 17.1 Å². The summed E-state index contributed by atoms with van der Waals surface area (Å²) in [5.41, 5.74) is 9.28. The van der Waals surface area contributed by atoms with Crippen molar-refractivity contribution in [2.45, 2.75) is 6.92 Å². The maximum atomic E-state index is 5.89. The van der Waals surface area contributed by atoms with Gasteiger partial charge in [-0.2, -0.15) is 0 Å². The second kappa shape index (κ2) is 6.03. The zero-order chi connectivity index (χ0) is 13.2. The van der Waals surface area contributed by atoms with E-state index in [1.54, 1.807) is 0 Å². The van der Waals surface area contributed by atoms with Crippen molar-refractivity contribution >= 4 is 16.7 Å². The number of aryl methyl sites for hydroxylation is 1. The molecule has 5 heteroatoms. The molecule has 0 saturated carbocycles. The number of aromatic nitrogens is 2. The van der Waals surface area contributed by atoms with Crippen LogP contribution in [0.1, 0.15) is 5.56 Å². The van der Waals surface area contributed by atoms with E-state index in [1.807, 2.05) is 42.5 Å². The van der Waals surface area contributed by atoms with Crippen LogP contribution in [0.4, 0.5) is 5.13 Å². The summed E-state index contributed by atoms with van der Waals surface area (Å²) in [4.78, 5) is 4.46. The average molecular weight is 304 g/mol. The lowest BCUT2D eigenvalue weighted by atomic mass is 10.2. The monoisotopic (exact) mass is 303 g/mol. The molecule has 1 aromatic heterocycles. The van der Waals surface area contributed by atoms with E-state index in [1.165, 1.54) is 17.1 Å². The van der Waals surface area contributed by atoms with E-state index in [9.17, 15) is 0 Å². The van der Waals surface area contributed by atoms with Gasteiger partial charge in [-0.3, -0.25) is 0 Å². The van der Waals surface area contributed by atoms with Gasteiger partial charge in [0.05, 0.1) is 5.56 Å². The molecule has 0 saturated heterocycles. The van der Waals surface area contributed by atoms with Gasteiger partial charge in [0.15, 0.2) is 0 Å². The van der Waals surface area contributed by atoms with Crippen molar-refractivity contribution in [1.82, 2.24) is 4.98 Å². The SMILES string of the molecule is Cc1ccccc1-[n+]1sc(N)nc1-c1ccccc1.[Cl-]. The summed E-state index contributed by atoms with van der Waals surface area (Å²) < 4.78 is 2.08. The predicted molar refractivity (Wildman–Crippen MR) is 78.2 cm³/mol. The summed E-state index contributed by atoms with van der Waals surface area (Å²) in [6.45, 7) is 2.09. The van der Waals surface area contributed by atoms with Gasteiger partial charge in [0.1, 0.15) is 17.2 Å². The lowest BCUT2D eigenvalue weighted by Gasteiger charge is -2.01. The predicted octanol–water partition coefficient (Wildman–Crippen LogP) is -0.0186. The molecule has 20 heavy (non-hydrogen) atoms. The van der Waals surface area contributed by atoms with Crippen LogP contribution < -0.4 is 22.1 Å². The van der Waals surface area contributed by atoms with E-state index in [2.05, 4.69) is 28.0 Å². The number of nitrogens with two attached hydrogens (primary N) is 1. The summed E-state index contributed by atoms with van der Waals surface area (Å²) >= 11 is 1.46. The molecular weight excluding hydrogens is 290 g/mol. The Bertz CT molecular complexity index is 710. The summed E-state index contributed by atoms with van der Waals surface area (Å²) in [6.07, 6.45) is 0. The molecule has 1 heterocycles. The number of hydrogen-bond donors (Lipinski definition) is 1. The minimum Gasteiger partial charge on any atom is -1.00 e. The van der Waals surface area contributed by atoms with Gasteiger partial charge in [-0.05, 0) is 35.7 Å². The van der Waals surface area contributed by atoms with Crippen LogP contribution in [-0.2, 0) is 0 Å². The third-order valence-electron chi connectivity index (χ3n) is 2.96. The molecule has 0 fully saturated rings. The Hall–Kier alpha value is -1.91. The zero-order valence-electron chi connectivity index (χ0n) is 11.0. The largest absolute Gasteiger partial charge is 1.00 e. The molecule has 2 aromatic carbocycles. The molecule has 0 atom stereocenters. The van der Waals surface area contributed by atoms with Crippen molar-refractivity contribution in [1.29, 1.82) is 0 Å². The first-order chi connectivity index (χ1) is 9.25. The van der Waals surface area contributed by atoms with Crippen LogP contribution in [0.2, 0.25) is 0 Å². The molecule has 2 N–H and O–H groups in total. The molecule has 0 aliphatic heterocycles. The van der Waals surface area contributed by atoms with Crippen molar-refractivity contribution < 1.29 is 16.4 Å². The molecule has 0 radical (unpaired) electrons. The molecule has 102 valence electrons. The number of para-hydroxylation sites is 1. The second-order valence-corrected chi connectivity index (χ2v) is 5.28. The van der Waals surface area contributed by atoms with Crippen molar-refractivity contribution in [2.75, 3.05) is 5.73 Å². The molecule has 0 unspecified atom stereocenters. The first-order valence-corrected chi connectivity index (χ1v) is 6.83. The Morgan fingerprint density at radius 1 is 1.00 bits per heavy atom. The minimum atomic E-state index is 0. The molecule has 0 amide bonds. The highest BCUT2D eigenvalue weighted by molar-refractivity contribution is 7.05. The molecule has 3 rings (SSSR count). The number of rotatable bonds is 2. The van der Waals surface area contributed by atoms with Crippen molar-refractivity contribution in [2.24, 2.45) is 0 Å². The van der Waals surface area contributed by atoms with Crippen LogP contribution in [-0.4, -0.2) is 4.98 Å². The number of anilines is 1. The quantitative estimate of drug-likeness (QED) is 0.676. The van der Waals surface area contributed by atoms with Gasteiger partial charge < -0.3 is 18.1 Å². The molecular formula is C15H14ClN3S. The highest BCUT2D eigenvalue weighted by Gasteiger charge is 2.23. The maximum Gasteiger partial charge on any atom is 0.350 e. The first kappa shape index (κ1) is 14.5. The normalized spacial score (nSPS) is 10.1. The lowest BCUT2D eigenvalue weighted by molar-refractivity contribution is -0.510. The topological polar surface area (TPSA) is 42.8 Å². The highest BCUT2D eigenvalue weighted by Crippen LogP contribution is 2.21. The number of nitrogens with zero attached hydrogens (tertiary/aromatic N) is 2. The van der Waals surface area contributed by atoms with Crippen LogP contribution in [0, 0.1) is 6.92 Å². The minimum absolute atomic E-state index is 0. The number of hydrogen-bond acceptors (Lipinski definition) is 3. The number of benzene rings is 2. The number of nitrogen functional groups attached to an aromatic ring is 1. The maximum absolute atomic E-state index is 5.89. The molecule has 3 aromatic rings. The fourth-order valence-corrected chi connectivity index (χ4v) is 2.88. The Morgan fingerprint density at radius 3 is 2.35 bits per heavy atom. The van der Waals surface area contributed by atoms with Crippen molar-refractivity contribution in [3.05, 3.63) is 60.2 Å². The highest BCUT2D eigenvalue weighted by atomic mass is 35.5. The third kappa shape index (κ3) is 2.66. The number of halogens is 1. The van der Waals surface area contributed by atoms with E-state index in [0.717, 1.165) is 17.1 Å². The van der Waals surface area contributed by atoms with Crippen LogP contribution in [0.15, 0.2) is 54.6 Å². The van der Waals surface area contributed by atoms with Gasteiger partial charge in [-0.1, -0.05) is 36.4 Å². The fourth-order valence-electron chi connectivity index (χ4n) is 2.03. The smallest absolute Gasteiger partial charge is 0.350 e. The fraction of sp³-hybridized carbons (Fsp3) is 0.0667. The molecule has 0 bridgehead atoms. The van der Waals surface area contributed by atoms with Gasteiger partial charge >= 0.3 is 11.0 Å². The first-order valence-electron chi connectivity index (χ1n) is 6.06. The van der Waals surface area contributed by atoms with Gasteiger partial charge in [-0.15, -0.1) is 3.96 Å². The molecule has 0 spiro atoms. The molecule has 3 nitrogen and oxygen atoms in total. The summed E-state index contributed by atoms with van der Waals surface area (Å²) in [5.74, 6) is 0.886. The summed E-state index contributed by atoms with van der Waals surface area (Å²) in [6, 6.07) is 18.3. The zero-order valence-corrected chi connectivity index (χ0v) is 12.5. The van der Waals surface area contributed by atoms with Crippen LogP contribution in [0.25, 0.3) is 17.1 Å².